The van der Waals surface area contributed by atoms with E-state index in [1.165, 1.54) is 0 Å². The number of phenols is 1. The highest BCUT2D eigenvalue weighted by Crippen LogP contribution is 2.26. The van der Waals surface area contributed by atoms with Gasteiger partial charge in [0.15, 0.2) is 11.6 Å². The number of benzene rings is 2. The van der Waals surface area contributed by atoms with Gasteiger partial charge in [0.25, 0.3) is 0 Å². The Morgan fingerprint density at radius 3 is 2.38 bits per heavy atom. The van der Waals surface area contributed by atoms with Gasteiger partial charge in [-0.2, -0.15) is 0 Å². The van der Waals surface area contributed by atoms with Crippen LogP contribution in [0, 0.1) is 17.5 Å². The van der Waals surface area contributed by atoms with Crippen LogP contribution in [0.2, 0.25) is 0 Å². The first-order chi connectivity index (χ1) is 11.3. The largest absolute Gasteiger partial charge is 0.505 e. The smallest absolute Gasteiger partial charge is 0.341 e. The number of aromatic carboxylic acids is 1. The van der Waals surface area contributed by atoms with E-state index in [1.807, 2.05) is 0 Å². The second-order valence-electron chi connectivity index (χ2n) is 4.96. The van der Waals surface area contributed by atoms with Crippen molar-refractivity contribution in [3.8, 4) is 11.4 Å². The average Bonchev–Trinajstić information content (AvgIpc) is 2.50. The van der Waals surface area contributed by atoms with Crippen molar-refractivity contribution >= 4 is 16.9 Å². The third kappa shape index (κ3) is 2.37. The lowest BCUT2D eigenvalue weighted by molar-refractivity contribution is 0.0695. The molecule has 122 valence electrons. The maximum absolute atomic E-state index is 14.1. The fraction of sp³-hybridized carbons (Fsp3) is 0. The van der Waals surface area contributed by atoms with Crippen LogP contribution < -0.4 is 5.43 Å². The molecule has 0 bridgehead atoms. The van der Waals surface area contributed by atoms with Crippen LogP contribution in [-0.4, -0.2) is 20.7 Å². The van der Waals surface area contributed by atoms with Crippen molar-refractivity contribution in [2.45, 2.75) is 0 Å². The number of carboxylic acid groups (broad SMARTS) is 1. The lowest BCUT2D eigenvalue weighted by Crippen LogP contribution is -2.19. The number of fused-ring (bicyclic) bond motifs is 1. The zero-order valence-electron chi connectivity index (χ0n) is 11.8. The highest BCUT2D eigenvalue weighted by atomic mass is 19.1. The zero-order chi connectivity index (χ0) is 17.6. The molecule has 0 saturated heterocycles. The van der Waals surface area contributed by atoms with Crippen molar-refractivity contribution in [2.75, 3.05) is 0 Å². The molecule has 0 aliphatic carbocycles. The molecule has 3 aromatic rings. The van der Waals surface area contributed by atoms with Gasteiger partial charge in [0.1, 0.15) is 17.2 Å². The highest BCUT2D eigenvalue weighted by Gasteiger charge is 2.19. The van der Waals surface area contributed by atoms with Crippen LogP contribution in [0.25, 0.3) is 16.6 Å². The lowest BCUT2D eigenvalue weighted by Gasteiger charge is -2.14. The molecule has 2 N–H and O–H groups in total. The molecular weight excluding hydrogens is 327 g/mol. The molecular formula is C16H8F3NO4. The van der Waals surface area contributed by atoms with E-state index in [9.17, 15) is 27.9 Å². The summed E-state index contributed by atoms with van der Waals surface area (Å²) in [6.45, 7) is 0. The Bertz CT molecular complexity index is 1060. The molecule has 0 radical (unpaired) electrons. The highest BCUT2D eigenvalue weighted by molar-refractivity contribution is 5.93. The van der Waals surface area contributed by atoms with Gasteiger partial charge < -0.3 is 14.8 Å². The summed E-state index contributed by atoms with van der Waals surface area (Å²) in [6, 6.07) is 4.06. The van der Waals surface area contributed by atoms with Crippen LogP contribution in [0.5, 0.6) is 5.75 Å². The Balaban J connectivity index is 2.50. The normalized spacial score (nSPS) is 11.0. The van der Waals surface area contributed by atoms with Crippen LogP contribution in [0.1, 0.15) is 10.4 Å². The molecule has 0 saturated carbocycles. The van der Waals surface area contributed by atoms with Gasteiger partial charge in [-0.05, 0) is 18.2 Å². The summed E-state index contributed by atoms with van der Waals surface area (Å²) < 4.78 is 41.6. The average molecular weight is 335 g/mol. The van der Waals surface area contributed by atoms with E-state index >= 15 is 0 Å². The van der Waals surface area contributed by atoms with Gasteiger partial charge in [-0.3, -0.25) is 4.79 Å². The fourth-order valence-corrected chi connectivity index (χ4v) is 2.36. The molecule has 2 aromatic carbocycles. The summed E-state index contributed by atoms with van der Waals surface area (Å²) in [5.41, 5.74) is -2.11. The third-order valence-corrected chi connectivity index (χ3v) is 3.47. The Morgan fingerprint density at radius 1 is 1.04 bits per heavy atom. The summed E-state index contributed by atoms with van der Waals surface area (Å²) >= 11 is 0. The number of halogens is 3. The first-order valence-corrected chi connectivity index (χ1v) is 6.56. The van der Waals surface area contributed by atoms with Crippen LogP contribution in [0.3, 0.4) is 0 Å². The first kappa shape index (κ1) is 15.6. The molecule has 0 aliphatic rings. The number of pyridine rings is 1. The molecule has 0 fully saturated rings. The molecule has 24 heavy (non-hydrogen) atoms. The first-order valence-electron chi connectivity index (χ1n) is 6.56. The van der Waals surface area contributed by atoms with E-state index in [0.717, 1.165) is 29.0 Å². The van der Waals surface area contributed by atoms with Gasteiger partial charge >= 0.3 is 5.97 Å². The second kappa shape index (κ2) is 5.41. The minimum absolute atomic E-state index is 0.130. The second-order valence-corrected chi connectivity index (χ2v) is 4.96. The van der Waals surface area contributed by atoms with Crippen LogP contribution >= 0.6 is 0 Å². The Labute approximate surface area is 131 Å². The van der Waals surface area contributed by atoms with Crippen LogP contribution in [0.15, 0.2) is 41.3 Å². The maximum atomic E-state index is 14.1. The number of rotatable bonds is 2. The molecule has 0 amide bonds. The van der Waals surface area contributed by atoms with Gasteiger partial charge in [0.2, 0.25) is 5.43 Å². The minimum Gasteiger partial charge on any atom is -0.505 e. The molecule has 5 nitrogen and oxygen atoms in total. The molecule has 8 heteroatoms. The van der Waals surface area contributed by atoms with E-state index in [0.29, 0.717) is 12.1 Å². The van der Waals surface area contributed by atoms with Crippen molar-refractivity contribution < 1.29 is 28.2 Å². The molecule has 0 spiro atoms. The zero-order valence-corrected chi connectivity index (χ0v) is 11.8. The molecule has 0 atom stereocenters. The van der Waals surface area contributed by atoms with Gasteiger partial charge in [-0.1, -0.05) is 0 Å². The predicted molar refractivity (Wildman–Crippen MR) is 78.0 cm³/mol. The number of nitrogens with zero attached hydrogens (tertiary/aromatic N) is 1. The standard InChI is InChI=1S/C16H8F3NO4/c17-7-1-2-12(10(18)3-7)20-6-9(16(23)24)15(22)8-4-11(19)14(21)5-13(8)20/h1-6,21H,(H,23,24). The summed E-state index contributed by atoms with van der Waals surface area (Å²) in [5, 5.41) is 18.3. The monoisotopic (exact) mass is 335 g/mol. The topological polar surface area (TPSA) is 79.5 Å². The molecule has 1 heterocycles. The number of hydrogen-bond donors (Lipinski definition) is 2. The van der Waals surface area contributed by atoms with Gasteiger partial charge in [0.05, 0.1) is 16.6 Å². The molecule has 0 unspecified atom stereocenters. The third-order valence-electron chi connectivity index (χ3n) is 3.47. The Morgan fingerprint density at radius 2 is 1.75 bits per heavy atom. The van der Waals surface area contributed by atoms with E-state index in [2.05, 4.69) is 0 Å². The van der Waals surface area contributed by atoms with Crippen LogP contribution in [-0.2, 0) is 0 Å². The van der Waals surface area contributed by atoms with Gasteiger partial charge in [-0.15, -0.1) is 0 Å². The quantitative estimate of drug-likeness (QED) is 0.755. The summed E-state index contributed by atoms with van der Waals surface area (Å²) in [6.07, 6.45) is 0.834. The molecule has 0 aliphatic heterocycles. The summed E-state index contributed by atoms with van der Waals surface area (Å²) in [4.78, 5) is 23.4. The number of carboxylic acids is 1. The van der Waals surface area contributed by atoms with Crippen molar-refractivity contribution in [3.05, 3.63) is 69.8 Å². The summed E-state index contributed by atoms with van der Waals surface area (Å²) in [7, 11) is 0. The van der Waals surface area contributed by atoms with Crippen molar-refractivity contribution in [1.82, 2.24) is 4.57 Å². The number of phenolic OH excluding ortho intramolecular Hbond substituents is 1. The van der Waals surface area contributed by atoms with Crippen molar-refractivity contribution in [2.24, 2.45) is 0 Å². The molecule has 3 rings (SSSR count). The maximum Gasteiger partial charge on any atom is 0.341 e. The van der Waals surface area contributed by atoms with E-state index < -0.39 is 40.2 Å². The number of carbonyl (C=O) groups is 1. The Hall–Kier alpha value is -3.29. The van der Waals surface area contributed by atoms with E-state index in [-0.39, 0.29) is 16.6 Å². The minimum atomic E-state index is -1.59. The van der Waals surface area contributed by atoms with E-state index in [1.54, 1.807) is 0 Å². The van der Waals surface area contributed by atoms with Crippen molar-refractivity contribution in [1.29, 1.82) is 0 Å². The fourth-order valence-electron chi connectivity index (χ4n) is 2.36. The number of aromatic nitrogens is 1. The predicted octanol–water partition coefficient (Wildman–Crippen LogP) is 2.81. The van der Waals surface area contributed by atoms with Crippen LogP contribution in [0.4, 0.5) is 13.2 Å². The van der Waals surface area contributed by atoms with Crippen molar-refractivity contribution in [3.63, 3.8) is 0 Å². The van der Waals surface area contributed by atoms with Gasteiger partial charge in [0, 0.05) is 18.3 Å². The summed E-state index contributed by atoms with van der Waals surface area (Å²) in [5.74, 6) is -5.41. The number of aromatic hydroxyl groups is 1. The lowest BCUT2D eigenvalue weighted by atomic mass is 10.1. The van der Waals surface area contributed by atoms with Gasteiger partial charge in [-0.25, -0.2) is 18.0 Å². The molecule has 1 aromatic heterocycles. The van der Waals surface area contributed by atoms with E-state index in [4.69, 9.17) is 5.11 Å². The Kier molecular flexibility index (Phi) is 3.52. The number of hydrogen-bond acceptors (Lipinski definition) is 3. The SMILES string of the molecule is O=C(O)c1cn(-c2ccc(F)cc2F)c2cc(O)c(F)cc2c1=O.